The number of aryl methyl sites for hydroxylation is 1. The first-order valence-corrected chi connectivity index (χ1v) is 5.69. The quantitative estimate of drug-likeness (QED) is 0.768. The zero-order valence-electron chi connectivity index (χ0n) is 8.92. The maximum Gasteiger partial charge on any atom is 0.0208 e. The van der Waals surface area contributed by atoms with Crippen LogP contribution in [0.2, 0.25) is 0 Å². The van der Waals surface area contributed by atoms with E-state index in [9.17, 15) is 0 Å². The van der Waals surface area contributed by atoms with E-state index < -0.39 is 0 Å². The van der Waals surface area contributed by atoms with Crippen LogP contribution >= 0.6 is 0 Å². The standard InChI is InChI=1S/C13H19N/c1-2-11-6-8-12(9-7-11)10-14-13-4-3-5-13/h6-9,13-14H,2-5,10H2,1H3. The van der Waals surface area contributed by atoms with E-state index in [1.54, 1.807) is 0 Å². The maximum atomic E-state index is 3.57. The normalized spacial score (nSPS) is 16.6. The van der Waals surface area contributed by atoms with Gasteiger partial charge in [-0.15, -0.1) is 0 Å². The Balaban J connectivity index is 1.83. The molecule has 1 aromatic carbocycles. The van der Waals surface area contributed by atoms with Gasteiger partial charge in [0.05, 0.1) is 0 Å². The SMILES string of the molecule is CCc1ccc(CNC2CCC2)cc1. The molecule has 76 valence electrons. The fourth-order valence-electron chi connectivity index (χ4n) is 1.77. The first-order chi connectivity index (χ1) is 6.88. The Hall–Kier alpha value is -0.820. The average Bonchev–Trinajstić information content (AvgIpc) is 2.16. The molecular weight excluding hydrogens is 170 g/mol. The van der Waals surface area contributed by atoms with Crippen molar-refractivity contribution in [1.29, 1.82) is 0 Å². The van der Waals surface area contributed by atoms with Crippen molar-refractivity contribution in [2.75, 3.05) is 0 Å². The van der Waals surface area contributed by atoms with Crippen molar-refractivity contribution in [3.05, 3.63) is 35.4 Å². The van der Waals surface area contributed by atoms with Crippen molar-refractivity contribution >= 4 is 0 Å². The highest BCUT2D eigenvalue weighted by Crippen LogP contribution is 2.18. The van der Waals surface area contributed by atoms with E-state index in [0.717, 1.165) is 19.0 Å². The first kappa shape index (κ1) is 9.72. The summed E-state index contributed by atoms with van der Waals surface area (Å²) in [5.41, 5.74) is 2.84. The number of rotatable bonds is 4. The van der Waals surface area contributed by atoms with E-state index in [0.29, 0.717) is 0 Å². The second-order valence-electron chi connectivity index (χ2n) is 4.18. The zero-order valence-corrected chi connectivity index (χ0v) is 8.92. The van der Waals surface area contributed by atoms with Crippen LogP contribution in [-0.2, 0) is 13.0 Å². The van der Waals surface area contributed by atoms with Crippen LogP contribution in [-0.4, -0.2) is 6.04 Å². The molecule has 14 heavy (non-hydrogen) atoms. The molecule has 1 saturated carbocycles. The molecule has 1 aliphatic carbocycles. The second-order valence-corrected chi connectivity index (χ2v) is 4.18. The number of hydrogen-bond acceptors (Lipinski definition) is 1. The van der Waals surface area contributed by atoms with Gasteiger partial charge < -0.3 is 5.32 Å². The van der Waals surface area contributed by atoms with Gasteiger partial charge in [-0.3, -0.25) is 0 Å². The molecule has 2 rings (SSSR count). The zero-order chi connectivity index (χ0) is 9.80. The van der Waals surface area contributed by atoms with Gasteiger partial charge in [0.2, 0.25) is 0 Å². The van der Waals surface area contributed by atoms with Gasteiger partial charge in [0.15, 0.2) is 0 Å². The Labute approximate surface area is 86.5 Å². The lowest BCUT2D eigenvalue weighted by Gasteiger charge is -2.26. The number of benzene rings is 1. The Morgan fingerprint density at radius 2 is 1.79 bits per heavy atom. The predicted molar refractivity (Wildman–Crippen MR) is 60.3 cm³/mol. The van der Waals surface area contributed by atoms with Gasteiger partial charge in [0.25, 0.3) is 0 Å². The number of hydrogen-bond donors (Lipinski definition) is 1. The van der Waals surface area contributed by atoms with Gasteiger partial charge in [-0.25, -0.2) is 0 Å². The van der Waals surface area contributed by atoms with Gasteiger partial charge in [-0.1, -0.05) is 37.6 Å². The highest BCUT2D eigenvalue weighted by Gasteiger charge is 2.15. The van der Waals surface area contributed by atoms with Gasteiger partial charge in [0, 0.05) is 12.6 Å². The molecule has 1 fully saturated rings. The molecule has 0 saturated heterocycles. The summed E-state index contributed by atoms with van der Waals surface area (Å²) in [6, 6.07) is 9.74. The molecule has 0 bridgehead atoms. The molecule has 0 radical (unpaired) electrons. The fourth-order valence-corrected chi connectivity index (χ4v) is 1.77. The van der Waals surface area contributed by atoms with E-state index in [4.69, 9.17) is 0 Å². The summed E-state index contributed by atoms with van der Waals surface area (Å²) in [4.78, 5) is 0. The van der Waals surface area contributed by atoms with Crippen molar-refractivity contribution in [3.8, 4) is 0 Å². The van der Waals surface area contributed by atoms with Crippen LogP contribution < -0.4 is 5.32 Å². The summed E-state index contributed by atoms with van der Waals surface area (Å²) < 4.78 is 0. The summed E-state index contributed by atoms with van der Waals surface area (Å²) in [7, 11) is 0. The second kappa shape index (κ2) is 4.61. The molecule has 1 nitrogen and oxygen atoms in total. The molecule has 1 aliphatic rings. The Bertz CT molecular complexity index is 272. The highest BCUT2D eigenvalue weighted by molar-refractivity contribution is 5.22. The van der Waals surface area contributed by atoms with Crippen LogP contribution in [0, 0.1) is 0 Å². The monoisotopic (exact) mass is 189 g/mol. The van der Waals surface area contributed by atoms with Crippen molar-refractivity contribution in [3.63, 3.8) is 0 Å². The first-order valence-electron chi connectivity index (χ1n) is 5.69. The van der Waals surface area contributed by atoms with E-state index >= 15 is 0 Å². The molecule has 0 spiro atoms. The minimum atomic E-state index is 0.792. The van der Waals surface area contributed by atoms with Crippen LogP contribution in [0.3, 0.4) is 0 Å². The third-order valence-corrected chi connectivity index (χ3v) is 3.13. The Morgan fingerprint density at radius 1 is 1.14 bits per heavy atom. The van der Waals surface area contributed by atoms with E-state index in [2.05, 4.69) is 36.5 Å². The maximum absolute atomic E-state index is 3.57. The third kappa shape index (κ3) is 2.36. The van der Waals surface area contributed by atoms with Gasteiger partial charge in [-0.2, -0.15) is 0 Å². The lowest BCUT2D eigenvalue weighted by atomic mass is 9.93. The van der Waals surface area contributed by atoms with Gasteiger partial charge in [0.1, 0.15) is 0 Å². The van der Waals surface area contributed by atoms with Crippen molar-refractivity contribution in [2.24, 2.45) is 0 Å². The lowest BCUT2D eigenvalue weighted by molar-refractivity contribution is 0.338. The predicted octanol–water partition coefficient (Wildman–Crippen LogP) is 2.89. The lowest BCUT2D eigenvalue weighted by Crippen LogP contribution is -2.34. The summed E-state index contributed by atoms with van der Waals surface area (Å²) in [5.74, 6) is 0. The minimum absolute atomic E-state index is 0.792. The fraction of sp³-hybridized carbons (Fsp3) is 0.538. The third-order valence-electron chi connectivity index (χ3n) is 3.13. The van der Waals surface area contributed by atoms with Crippen LogP contribution in [0.15, 0.2) is 24.3 Å². The molecule has 0 unspecified atom stereocenters. The van der Waals surface area contributed by atoms with E-state index in [1.807, 2.05) is 0 Å². The molecule has 1 N–H and O–H groups in total. The van der Waals surface area contributed by atoms with Crippen LogP contribution in [0.4, 0.5) is 0 Å². The molecular formula is C13H19N. The summed E-state index contributed by atoms with van der Waals surface area (Å²) in [6.45, 7) is 3.23. The van der Waals surface area contributed by atoms with Crippen LogP contribution in [0.25, 0.3) is 0 Å². The van der Waals surface area contributed by atoms with Crippen LogP contribution in [0.5, 0.6) is 0 Å². The molecule has 0 atom stereocenters. The van der Waals surface area contributed by atoms with Crippen molar-refractivity contribution < 1.29 is 0 Å². The highest BCUT2D eigenvalue weighted by atomic mass is 14.9. The molecule has 0 heterocycles. The Kier molecular flexibility index (Phi) is 3.20. The van der Waals surface area contributed by atoms with E-state index in [1.165, 1.54) is 30.4 Å². The largest absolute Gasteiger partial charge is 0.310 e. The summed E-state index contributed by atoms with van der Waals surface area (Å²) in [6.07, 6.45) is 5.28. The van der Waals surface area contributed by atoms with Crippen molar-refractivity contribution in [1.82, 2.24) is 5.32 Å². The Morgan fingerprint density at radius 3 is 2.29 bits per heavy atom. The van der Waals surface area contributed by atoms with E-state index in [-0.39, 0.29) is 0 Å². The topological polar surface area (TPSA) is 12.0 Å². The van der Waals surface area contributed by atoms with Crippen LogP contribution in [0.1, 0.15) is 37.3 Å². The molecule has 0 aliphatic heterocycles. The molecule has 0 amide bonds. The summed E-state index contributed by atoms with van der Waals surface area (Å²) in [5, 5.41) is 3.57. The average molecular weight is 189 g/mol. The molecule has 0 aromatic heterocycles. The number of nitrogens with one attached hydrogen (secondary N) is 1. The van der Waals surface area contributed by atoms with Gasteiger partial charge in [-0.05, 0) is 30.4 Å². The van der Waals surface area contributed by atoms with Crippen molar-refractivity contribution in [2.45, 2.75) is 45.2 Å². The molecule has 1 aromatic rings. The van der Waals surface area contributed by atoms with Gasteiger partial charge >= 0.3 is 0 Å². The summed E-state index contributed by atoms with van der Waals surface area (Å²) >= 11 is 0. The molecule has 1 heteroatoms. The smallest absolute Gasteiger partial charge is 0.0208 e. The minimum Gasteiger partial charge on any atom is -0.310 e.